The van der Waals surface area contributed by atoms with Crippen LogP contribution in [0.4, 0.5) is 5.69 Å². The summed E-state index contributed by atoms with van der Waals surface area (Å²) in [6.07, 6.45) is 1.18. The van der Waals surface area contributed by atoms with Crippen molar-refractivity contribution in [2.75, 3.05) is 18.0 Å². The Kier molecular flexibility index (Phi) is 4.66. The summed E-state index contributed by atoms with van der Waals surface area (Å²) in [7, 11) is -3.60. The first-order valence-corrected chi connectivity index (χ1v) is 9.60. The lowest BCUT2D eigenvalue weighted by Gasteiger charge is -2.15. The van der Waals surface area contributed by atoms with Gasteiger partial charge in [0.2, 0.25) is 15.9 Å². The van der Waals surface area contributed by atoms with Crippen LogP contribution in [0.2, 0.25) is 0 Å². The molecule has 8 heteroatoms. The van der Waals surface area contributed by atoms with E-state index in [9.17, 15) is 13.2 Å². The van der Waals surface area contributed by atoms with E-state index in [1.54, 1.807) is 23.1 Å². The molecule has 1 aliphatic heterocycles. The molecule has 0 spiro atoms. The Labute approximate surface area is 147 Å². The van der Waals surface area contributed by atoms with E-state index in [0.29, 0.717) is 25.1 Å². The van der Waals surface area contributed by atoms with Gasteiger partial charge in [0.05, 0.1) is 10.6 Å². The van der Waals surface area contributed by atoms with Crippen molar-refractivity contribution in [2.24, 2.45) is 0 Å². The van der Waals surface area contributed by atoms with Crippen molar-refractivity contribution >= 4 is 21.6 Å². The lowest BCUT2D eigenvalue weighted by Crippen LogP contribution is -2.27. The fourth-order valence-corrected chi connectivity index (χ4v) is 4.21. The first-order valence-electron chi connectivity index (χ1n) is 8.12. The standard InChI is InChI=1S/C17H21N3O4S/c1-11-16(12(2)24-19-11)6-8-18-25(22,23)15-4-5-17-14(10-15)7-9-20(17)13(3)21/h4-5,10,18H,6-9H2,1-3H3. The molecule has 134 valence electrons. The smallest absolute Gasteiger partial charge is 0.240 e. The van der Waals surface area contributed by atoms with Crippen LogP contribution in [0.15, 0.2) is 27.6 Å². The van der Waals surface area contributed by atoms with Crippen LogP contribution in [-0.4, -0.2) is 32.6 Å². The summed E-state index contributed by atoms with van der Waals surface area (Å²) in [5.41, 5.74) is 3.37. The third kappa shape index (κ3) is 3.45. The lowest BCUT2D eigenvalue weighted by molar-refractivity contribution is -0.116. The highest BCUT2D eigenvalue weighted by molar-refractivity contribution is 7.89. The Morgan fingerprint density at radius 1 is 1.36 bits per heavy atom. The van der Waals surface area contributed by atoms with Crippen molar-refractivity contribution in [3.05, 3.63) is 40.8 Å². The number of rotatable bonds is 5. The number of nitrogens with one attached hydrogen (secondary N) is 1. The second-order valence-corrected chi connectivity index (χ2v) is 7.93. The maximum absolute atomic E-state index is 12.5. The van der Waals surface area contributed by atoms with Crippen molar-refractivity contribution in [3.8, 4) is 0 Å². The highest BCUT2D eigenvalue weighted by atomic mass is 32.2. The summed E-state index contributed by atoms with van der Waals surface area (Å²) < 4.78 is 32.7. The molecule has 2 heterocycles. The number of amides is 1. The van der Waals surface area contributed by atoms with Crippen molar-refractivity contribution in [1.29, 1.82) is 0 Å². The highest BCUT2D eigenvalue weighted by Crippen LogP contribution is 2.30. The Balaban J connectivity index is 1.72. The molecule has 7 nitrogen and oxygen atoms in total. The predicted octanol–water partition coefficient (Wildman–Crippen LogP) is 1.72. The highest BCUT2D eigenvalue weighted by Gasteiger charge is 2.24. The topological polar surface area (TPSA) is 92.5 Å². The van der Waals surface area contributed by atoms with Gasteiger partial charge >= 0.3 is 0 Å². The number of fused-ring (bicyclic) bond motifs is 1. The molecule has 0 saturated carbocycles. The normalized spacial score (nSPS) is 14.0. The minimum atomic E-state index is -3.60. The summed E-state index contributed by atoms with van der Waals surface area (Å²) in [6.45, 7) is 6.01. The van der Waals surface area contributed by atoms with Gasteiger partial charge in [0.1, 0.15) is 5.76 Å². The molecule has 1 aliphatic rings. The summed E-state index contributed by atoms with van der Waals surface area (Å²) in [5, 5.41) is 3.87. The van der Waals surface area contributed by atoms with Gasteiger partial charge in [-0.05, 0) is 50.5 Å². The zero-order chi connectivity index (χ0) is 18.2. The van der Waals surface area contributed by atoms with Gasteiger partial charge in [-0.15, -0.1) is 0 Å². The number of anilines is 1. The summed E-state index contributed by atoms with van der Waals surface area (Å²) >= 11 is 0. The molecule has 0 unspecified atom stereocenters. The molecule has 0 fully saturated rings. The van der Waals surface area contributed by atoms with E-state index in [1.807, 2.05) is 13.8 Å². The Morgan fingerprint density at radius 3 is 2.76 bits per heavy atom. The van der Waals surface area contributed by atoms with E-state index < -0.39 is 10.0 Å². The van der Waals surface area contributed by atoms with Crippen LogP contribution in [0.3, 0.4) is 0 Å². The number of aromatic nitrogens is 1. The second-order valence-electron chi connectivity index (χ2n) is 6.16. The number of nitrogens with zero attached hydrogens (tertiary/aromatic N) is 2. The molecular formula is C17H21N3O4S. The number of carbonyl (C=O) groups excluding carboxylic acids is 1. The average Bonchev–Trinajstić information content (AvgIpc) is 3.12. The van der Waals surface area contributed by atoms with E-state index in [1.165, 1.54) is 6.92 Å². The van der Waals surface area contributed by atoms with Crippen LogP contribution in [0.25, 0.3) is 0 Å². The Hall–Kier alpha value is -2.19. The fourth-order valence-electron chi connectivity index (χ4n) is 3.12. The van der Waals surface area contributed by atoms with Gasteiger partial charge in [-0.25, -0.2) is 13.1 Å². The first kappa shape index (κ1) is 17.6. The largest absolute Gasteiger partial charge is 0.361 e. The first-order chi connectivity index (χ1) is 11.8. The van der Waals surface area contributed by atoms with Crippen LogP contribution in [0.5, 0.6) is 0 Å². The molecule has 0 bridgehead atoms. The number of carbonyl (C=O) groups is 1. The number of sulfonamides is 1. The van der Waals surface area contributed by atoms with Crippen molar-refractivity contribution in [3.63, 3.8) is 0 Å². The van der Waals surface area contributed by atoms with E-state index >= 15 is 0 Å². The SMILES string of the molecule is CC(=O)N1CCc2cc(S(=O)(=O)NCCc3c(C)noc3C)ccc21. The second kappa shape index (κ2) is 6.61. The molecule has 0 radical (unpaired) electrons. The minimum Gasteiger partial charge on any atom is -0.361 e. The molecular weight excluding hydrogens is 342 g/mol. The molecule has 1 aromatic carbocycles. The van der Waals surface area contributed by atoms with Gasteiger partial charge < -0.3 is 9.42 Å². The molecule has 0 saturated heterocycles. The van der Waals surface area contributed by atoms with Crippen molar-refractivity contribution < 1.29 is 17.7 Å². The minimum absolute atomic E-state index is 0.0352. The Morgan fingerprint density at radius 2 is 2.12 bits per heavy atom. The van der Waals surface area contributed by atoms with Gasteiger partial charge in [-0.1, -0.05) is 5.16 Å². The molecule has 3 rings (SSSR count). The maximum Gasteiger partial charge on any atom is 0.240 e. The van der Waals surface area contributed by atoms with Gasteiger partial charge in [0.15, 0.2) is 0 Å². The molecule has 0 aliphatic carbocycles. The monoisotopic (exact) mass is 363 g/mol. The zero-order valence-corrected chi connectivity index (χ0v) is 15.3. The maximum atomic E-state index is 12.5. The fraction of sp³-hybridized carbons (Fsp3) is 0.412. The summed E-state index contributed by atoms with van der Waals surface area (Å²) in [5.74, 6) is 0.672. The van der Waals surface area contributed by atoms with Crippen molar-refractivity contribution in [2.45, 2.75) is 38.5 Å². The van der Waals surface area contributed by atoms with Gasteiger partial charge in [0.25, 0.3) is 0 Å². The van der Waals surface area contributed by atoms with Crippen molar-refractivity contribution in [1.82, 2.24) is 9.88 Å². The number of aryl methyl sites for hydroxylation is 2. The number of hydrogen-bond acceptors (Lipinski definition) is 5. The van der Waals surface area contributed by atoms with Crippen LogP contribution in [-0.2, 0) is 27.7 Å². The van der Waals surface area contributed by atoms with Crippen LogP contribution in [0, 0.1) is 13.8 Å². The molecule has 0 atom stereocenters. The van der Waals surface area contributed by atoms with E-state index in [-0.39, 0.29) is 17.3 Å². The quantitative estimate of drug-likeness (QED) is 0.873. The van der Waals surface area contributed by atoms with E-state index in [2.05, 4.69) is 9.88 Å². The molecule has 25 heavy (non-hydrogen) atoms. The molecule has 1 N–H and O–H groups in total. The van der Waals surface area contributed by atoms with E-state index in [4.69, 9.17) is 4.52 Å². The summed E-state index contributed by atoms with van der Waals surface area (Å²) in [4.78, 5) is 13.5. The third-order valence-corrected chi connectivity index (χ3v) is 5.94. The van der Waals surface area contributed by atoms with E-state index in [0.717, 1.165) is 22.5 Å². The third-order valence-electron chi connectivity index (χ3n) is 4.49. The van der Waals surface area contributed by atoms with Gasteiger partial charge in [-0.2, -0.15) is 0 Å². The predicted molar refractivity (Wildman–Crippen MR) is 93.0 cm³/mol. The lowest BCUT2D eigenvalue weighted by atomic mass is 10.1. The number of benzene rings is 1. The van der Waals surface area contributed by atoms with Gasteiger partial charge in [-0.3, -0.25) is 4.79 Å². The molecule has 1 aromatic heterocycles. The van der Waals surface area contributed by atoms with Crippen LogP contribution >= 0.6 is 0 Å². The Bertz CT molecular complexity index is 898. The van der Waals surface area contributed by atoms with Crippen LogP contribution < -0.4 is 9.62 Å². The van der Waals surface area contributed by atoms with Gasteiger partial charge in [0, 0.05) is 31.3 Å². The molecule has 1 amide bonds. The molecule has 2 aromatic rings. The van der Waals surface area contributed by atoms with Crippen LogP contribution in [0.1, 0.15) is 29.5 Å². The zero-order valence-electron chi connectivity index (χ0n) is 14.5. The number of hydrogen-bond donors (Lipinski definition) is 1. The summed E-state index contributed by atoms with van der Waals surface area (Å²) in [6, 6.07) is 4.89. The average molecular weight is 363 g/mol.